The lowest BCUT2D eigenvalue weighted by molar-refractivity contribution is 0.0823. The van der Waals surface area contributed by atoms with Crippen LogP contribution in [-0.4, -0.2) is 44.0 Å². The number of halogens is 2. The molecule has 0 N–H and O–H groups in total. The van der Waals surface area contributed by atoms with Crippen molar-refractivity contribution in [3.63, 3.8) is 0 Å². The summed E-state index contributed by atoms with van der Waals surface area (Å²) in [6.07, 6.45) is 6.66. The maximum absolute atomic E-state index is 15.4. The molecule has 3 aromatic heterocycles. The van der Waals surface area contributed by atoms with Crippen molar-refractivity contribution in [1.29, 1.82) is 0 Å². The minimum Gasteiger partial charge on any atom is -0.345 e. The standard InChI is InChI=1S/C30H29ClFN5O2/c1-16-14-33-23(18-7-5-8-19(28(18)32)29(38)35(3)4)13-24(16)37-17(2)11-22(27(31)30(37)39)20-12-21(20)25-15-34-26-9-6-10-36(25)26/h5,7-8,11,13-15,20-21H,6,9-10,12H2,1-4H3/t20-,21-/m0/s1. The van der Waals surface area contributed by atoms with Gasteiger partial charge in [0.1, 0.15) is 16.7 Å². The van der Waals surface area contributed by atoms with Crippen LogP contribution in [0.15, 0.2) is 47.5 Å². The maximum atomic E-state index is 15.4. The van der Waals surface area contributed by atoms with Crippen molar-refractivity contribution < 1.29 is 9.18 Å². The molecule has 6 rings (SSSR count). The third kappa shape index (κ3) is 4.18. The lowest BCUT2D eigenvalue weighted by atomic mass is 10.0. The molecular weight excluding hydrogens is 517 g/mol. The van der Waals surface area contributed by atoms with Gasteiger partial charge in [-0.1, -0.05) is 17.7 Å². The second-order valence-corrected chi connectivity index (χ2v) is 11.1. The van der Waals surface area contributed by atoms with Gasteiger partial charge in [-0.15, -0.1) is 0 Å². The van der Waals surface area contributed by atoms with E-state index in [-0.39, 0.29) is 27.6 Å². The lowest BCUT2D eigenvalue weighted by Gasteiger charge is -2.17. The highest BCUT2D eigenvalue weighted by Gasteiger charge is 2.44. The van der Waals surface area contributed by atoms with Crippen molar-refractivity contribution >= 4 is 17.5 Å². The highest BCUT2D eigenvalue weighted by atomic mass is 35.5. The van der Waals surface area contributed by atoms with E-state index >= 15 is 4.39 Å². The molecule has 39 heavy (non-hydrogen) atoms. The molecule has 0 bridgehead atoms. The minimum absolute atomic E-state index is 0.0370. The van der Waals surface area contributed by atoms with E-state index in [0.717, 1.165) is 48.5 Å². The molecule has 1 aliphatic heterocycles. The van der Waals surface area contributed by atoms with Crippen molar-refractivity contribution in [2.45, 2.75) is 51.5 Å². The Morgan fingerprint density at radius 3 is 2.69 bits per heavy atom. The Hall–Kier alpha value is -3.78. The summed E-state index contributed by atoms with van der Waals surface area (Å²) in [5, 5.41) is 0.205. The molecular formula is C30H29ClFN5O2. The first-order valence-corrected chi connectivity index (χ1v) is 13.5. The summed E-state index contributed by atoms with van der Waals surface area (Å²) in [6, 6.07) is 8.33. The second-order valence-electron chi connectivity index (χ2n) is 10.7. The number of imidazole rings is 1. The van der Waals surface area contributed by atoms with E-state index in [9.17, 15) is 9.59 Å². The normalized spacial score (nSPS) is 17.8. The van der Waals surface area contributed by atoms with Gasteiger partial charge >= 0.3 is 0 Å². The molecule has 7 nitrogen and oxygen atoms in total. The quantitative estimate of drug-likeness (QED) is 0.335. The molecule has 0 unspecified atom stereocenters. The predicted octanol–water partition coefficient (Wildman–Crippen LogP) is 5.42. The Morgan fingerprint density at radius 1 is 1.13 bits per heavy atom. The summed E-state index contributed by atoms with van der Waals surface area (Å²) in [4.78, 5) is 36.5. The monoisotopic (exact) mass is 545 g/mol. The molecule has 0 radical (unpaired) electrons. The molecule has 1 saturated carbocycles. The van der Waals surface area contributed by atoms with Crippen LogP contribution in [0.2, 0.25) is 5.02 Å². The van der Waals surface area contributed by atoms with Gasteiger partial charge in [0, 0.05) is 62.3 Å². The largest absolute Gasteiger partial charge is 0.345 e. The molecule has 4 heterocycles. The zero-order chi connectivity index (χ0) is 27.6. The number of aromatic nitrogens is 4. The lowest BCUT2D eigenvalue weighted by Crippen LogP contribution is -2.23. The first-order chi connectivity index (χ1) is 18.7. The van der Waals surface area contributed by atoms with Gasteiger partial charge in [-0.05, 0) is 68.0 Å². The highest BCUT2D eigenvalue weighted by molar-refractivity contribution is 6.31. The van der Waals surface area contributed by atoms with Crippen molar-refractivity contribution in [3.8, 4) is 16.9 Å². The van der Waals surface area contributed by atoms with Crippen LogP contribution in [0.4, 0.5) is 4.39 Å². The maximum Gasteiger partial charge on any atom is 0.274 e. The first-order valence-electron chi connectivity index (χ1n) is 13.1. The molecule has 0 spiro atoms. The third-order valence-electron chi connectivity index (χ3n) is 7.91. The van der Waals surface area contributed by atoms with Gasteiger partial charge in [-0.2, -0.15) is 0 Å². The second kappa shape index (κ2) is 9.45. The summed E-state index contributed by atoms with van der Waals surface area (Å²) in [7, 11) is 3.15. The number of nitrogens with zero attached hydrogens (tertiary/aromatic N) is 5. The Balaban J connectivity index is 1.38. The van der Waals surface area contributed by atoms with Crippen molar-refractivity contribution in [1.82, 2.24) is 24.0 Å². The number of pyridine rings is 2. The third-order valence-corrected chi connectivity index (χ3v) is 8.29. The van der Waals surface area contributed by atoms with E-state index in [2.05, 4.69) is 14.5 Å². The summed E-state index contributed by atoms with van der Waals surface area (Å²) in [5.74, 6) is 0.550. The number of carbonyl (C=O) groups excluding carboxylic acids is 1. The van der Waals surface area contributed by atoms with E-state index in [1.54, 1.807) is 43.1 Å². The zero-order valence-electron chi connectivity index (χ0n) is 22.3. The molecule has 4 aromatic rings. The van der Waals surface area contributed by atoms with Gasteiger partial charge in [0.2, 0.25) is 0 Å². The van der Waals surface area contributed by atoms with Gasteiger partial charge in [-0.3, -0.25) is 19.1 Å². The van der Waals surface area contributed by atoms with Gasteiger partial charge in [0.05, 0.1) is 16.9 Å². The van der Waals surface area contributed by atoms with Gasteiger partial charge in [-0.25, -0.2) is 9.37 Å². The van der Waals surface area contributed by atoms with Crippen LogP contribution in [-0.2, 0) is 13.0 Å². The fraction of sp³-hybridized carbons (Fsp3) is 0.333. The Labute approximate surface area is 230 Å². The SMILES string of the molecule is Cc1cnc(-c2cccc(C(=O)N(C)C)c2F)cc1-n1c(C)cc([C@H]2C[C@@H]2c2cnc3n2CCC3)c(Cl)c1=O. The van der Waals surface area contributed by atoms with E-state index in [0.29, 0.717) is 17.3 Å². The Morgan fingerprint density at radius 2 is 1.92 bits per heavy atom. The van der Waals surface area contributed by atoms with E-state index in [1.807, 2.05) is 26.1 Å². The fourth-order valence-electron chi connectivity index (χ4n) is 5.78. The fourth-order valence-corrected chi connectivity index (χ4v) is 6.06. The van der Waals surface area contributed by atoms with Crippen LogP contribution in [0, 0.1) is 19.7 Å². The predicted molar refractivity (Wildman–Crippen MR) is 148 cm³/mol. The van der Waals surface area contributed by atoms with Gasteiger partial charge < -0.3 is 9.47 Å². The molecule has 1 aromatic carbocycles. The van der Waals surface area contributed by atoms with E-state index < -0.39 is 11.7 Å². The number of aryl methyl sites for hydroxylation is 3. The van der Waals surface area contributed by atoms with Crippen LogP contribution >= 0.6 is 11.6 Å². The van der Waals surface area contributed by atoms with Crippen LogP contribution in [0.1, 0.15) is 63.4 Å². The molecule has 0 saturated heterocycles. The van der Waals surface area contributed by atoms with Crippen molar-refractivity contribution in [2.75, 3.05) is 14.1 Å². The first kappa shape index (κ1) is 25.5. The van der Waals surface area contributed by atoms with Gasteiger partial charge in [0.25, 0.3) is 11.5 Å². The molecule has 1 aliphatic carbocycles. The Kier molecular flexibility index (Phi) is 6.18. The average Bonchev–Trinajstić information content (AvgIpc) is 3.35. The number of hydrogen-bond donors (Lipinski definition) is 0. The number of fused-ring (bicyclic) bond motifs is 1. The molecule has 2 atom stereocenters. The van der Waals surface area contributed by atoms with Crippen LogP contribution < -0.4 is 5.56 Å². The summed E-state index contributed by atoms with van der Waals surface area (Å²) >= 11 is 6.75. The number of carbonyl (C=O) groups is 1. The molecule has 2 aliphatic rings. The molecule has 1 amide bonds. The smallest absolute Gasteiger partial charge is 0.274 e. The van der Waals surface area contributed by atoms with E-state index in [1.165, 1.54) is 16.7 Å². The van der Waals surface area contributed by atoms with E-state index in [4.69, 9.17) is 11.6 Å². The molecule has 9 heteroatoms. The average molecular weight is 546 g/mol. The topological polar surface area (TPSA) is 73.0 Å². The van der Waals surface area contributed by atoms with Crippen LogP contribution in [0.3, 0.4) is 0 Å². The highest BCUT2D eigenvalue weighted by Crippen LogP contribution is 2.56. The zero-order valence-corrected chi connectivity index (χ0v) is 23.1. The van der Waals surface area contributed by atoms with Crippen LogP contribution in [0.5, 0.6) is 0 Å². The number of rotatable bonds is 5. The van der Waals surface area contributed by atoms with Gasteiger partial charge in [0.15, 0.2) is 0 Å². The summed E-state index contributed by atoms with van der Waals surface area (Å²) in [6.45, 7) is 4.73. The summed E-state index contributed by atoms with van der Waals surface area (Å²) < 4.78 is 19.3. The van der Waals surface area contributed by atoms with Crippen molar-refractivity contribution in [3.05, 3.63) is 97.8 Å². The van der Waals surface area contributed by atoms with Crippen LogP contribution in [0.25, 0.3) is 16.9 Å². The molecule has 1 fully saturated rings. The Bertz CT molecular complexity index is 1710. The summed E-state index contributed by atoms with van der Waals surface area (Å²) in [5.41, 5.74) is 4.31. The number of amides is 1. The number of hydrogen-bond acceptors (Lipinski definition) is 4. The minimum atomic E-state index is -0.651. The van der Waals surface area contributed by atoms with Crippen molar-refractivity contribution in [2.24, 2.45) is 0 Å². The number of benzene rings is 1. The molecule has 200 valence electrons.